The SMILES string of the molecule is CC=C(C)C(=Nc1c(CC)cccc1CC)c1ccccc1. The van der Waals surface area contributed by atoms with Crippen molar-refractivity contribution in [3.8, 4) is 0 Å². The van der Waals surface area contributed by atoms with Crippen molar-refractivity contribution in [3.05, 3.63) is 76.9 Å². The van der Waals surface area contributed by atoms with Crippen molar-refractivity contribution in [1.29, 1.82) is 0 Å². The quantitative estimate of drug-likeness (QED) is 0.608. The summed E-state index contributed by atoms with van der Waals surface area (Å²) in [5, 5.41) is 0. The van der Waals surface area contributed by atoms with Gasteiger partial charge in [0.1, 0.15) is 0 Å². The summed E-state index contributed by atoms with van der Waals surface area (Å²) >= 11 is 0. The number of hydrogen-bond acceptors (Lipinski definition) is 1. The molecule has 0 amide bonds. The summed E-state index contributed by atoms with van der Waals surface area (Å²) < 4.78 is 0. The van der Waals surface area contributed by atoms with Gasteiger partial charge in [-0.15, -0.1) is 0 Å². The molecule has 0 bridgehead atoms. The number of nitrogens with zero attached hydrogens (tertiary/aromatic N) is 1. The second kappa shape index (κ2) is 7.74. The zero-order valence-electron chi connectivity index (χ0n) is 14.1. The summed E-state index contributed by atoms with van der Waals surface area (Å²) in [5.74, 6) is 0. The zero-order valence-corrected chi connectivity index (χ0v) is 14.1. The third-order valence-electron chi connectivity index (χ3n) is 4.04. The summed E-state index contributed by atoms with van der Waals surface area (Å²) in [5.41, 5.74) is 7.23. The monoisotopic (exact) mass is 291 g/mol. The minimum absolute atomic E-state index is 1.00. The number of benzene rings is 2. The van der Waals surface area contributed by atoms with Gasteiger partial charge in [0.2, 0.25) is 0 Å². The van der Waals surface area contributed by atoms with E-state index < -0.39 is 0 Å². The van der Waals surface area contributed by atoms with E-state index in [-0.39, 0.29) is 0 Å². The van der Waals surface area contributed by atoms with Gasteiger partial charge in [0.05, 0.1) is 11.4 Å². The van der Waals surface area contributed by atoms with Gasteiger partial charge in [-0.05, 0) is 43.4 Å². The molecule has 0 saturated heterocycles. The topological polar surface area (TPSA) is 12.4 Å². The summed E-state index contributed by atoms with van der Waals surface area (Å²) in [6.45, 7) is 8.59. The van der Waals surface area contributed by atoms with Gasteiger partial charge in [0.25, 0.3) is 0 Å². The molecule has 0 N–H and O–H groups in total. The Bertz CT molecular complexity index is 656. The lowest BCUT2D eigenvalue weighted by Crippen LogP contribution is -2.03. The molecule has 0 unspecified atom stereocenters. The van der Waals surface area contributed by atoms with Gasteiger partial charge >= 0.3 is 0 Å². The van der Waals surface area contributed by atoms with Crippen molar-refractivity contribution in [1.82, 2.24) is 0 Å². The molecule has 0 saturated carbocycles. The maximum atomic E-state index is 5.09. The Balaban J connectivity index is 2.65. The van der Waals surface area contributed by atoms with Crippen molar-refractivity contribution in [3.63, 3.8) is 0 Å². The maximum Gasteiger partial charge on any atom is 0.0735 e. The predicted octanol–water partition coefficient (Wildman–Crippen LogP) is 5.90. The highest BCUT2D eigenvalue weighted by atomic mass is 14.8. The highest BCUT2D eigenvalue weighted by Crippen LogP contribution is 2.28. The number of rotatable bonds is 5. The first-order valence-corrected chi connectivity index (χ1v) is 8.09. The molecule has 1 nitrogen and oxygen atoms in total. The molecule has 2 aromatic carbocycles. The number of para-hydroxylation sites is 1. The van der Waals surface area contributed by atoms with Gasteiger partial charge in [-0.25, -0.2) is 4.99 Å². The molecule has 22 heavy (non-hydrogen) atoms. The van der Waals surface area contributed by atoms with E-state index in [1.165, 1.54) is 22.3 Å². The average molecular weight is 291 g/mol. The Morgan fingerprint density at radius 3 is 2.00 bits per heavy atom. The molecule has 0 spiro atoms. The van der Waals surface area contributed by atoms with Crippen LogP contribution in [0.4, 0.5) is 5.69 Å². The third-order valence-corrected chi connectivity index (χ3v) is 4.04. The zero-order chi connectivity index (χ0) is 15.9. The lowest BCUT2D eigenvalue weighted by Gasteiger charge is -2.13. The van der Waals surface area contributed by atoms with E-state index >= 15 is 0 Å². The van der Waals surface area contributed by atoms with Crippen LogP contribution in [-0.4, -0.2) is 5.71 Å². The van der Waals surface area contributed by atoms with Crippen LogP contribution < -0.4 is 0 Å². The van der Waals surface area contributed by atoms with Crippen LogP contribution in [0.15, 0.2) is 65.2 Å². The first-order valence-electron chi connectivity index (χ1n) is 8.09. The van der Waals surface area contributed by atoms with E-state index in [0.29, 0.717) is 0 Å². The van der Waals surface area contributed by atoms with E-state index in [1.807, 2.05) is 6.07 Å². The fourth-order valence-electron chi connectivity index (χ4n) is 2.58. The van der Waals surface area contributed by atoms with Gasteiger partial charge in [0, 0.05) is 5.56 Å². The molecular weight excluding hydrogens is 266 g/mol. The second-order valence-electron chi connectivity index (χ2n) is 5.43. The van der Waals surface area contributed by atoms with E-state index in [2.05, 4.69) is 76.2 Å². The smallest absolute Gasteiger partial charge is 0.0735 e. The van der Waals surface area contributed by atoms with Crippen LogP contribution in [0, 0.1) is 0 Å². The average Bonchev–Trinajstić information content (AvgIpc) is 2.59. The van der Waals surface area contributed by atoms with E-state index in [4.69, 9.17) is 4.99 Å². The number of allylic oxidation sites excluding steroid dienone is 2. The van der Waals surface area contributed by atoms with Gasteiger partial charge in [0.15, 0.2) is 0 Å². The molecule has 2 aromatic rings. The Labute approximate surface area is 134 Å². The molecule has 2 rings (SSSR count). The van der Waals surface area contributed by atoms with Crippen molar-refractivity contribution in [2.75, 3.05) is 0 Å². The summed E-state index contributed by atoms with van der Waals surface area (Å²) in [7, 11) is 0. The van der Waals surface area contributed by atoms with Crippen LogP contribution in [0.1, 0.15) is 44.4 Å². The number of aryl methyl sites for hydroxylation is 2. The van der Waals surface area contributed by atoms with E-state index in [1.54, 1.807) is 0 Å². The fourth-order valence-corrected chi connectivity index (χ4v) is 2.58. The molecule has 0 heterocycles. The number of hydrogen-bond donors (Lipinski definition) is 0. The lowest BCUT2D eigenvalue weighted by molar-refractivity contribution is 1.08. The Hall–Kier alpha value is -2.15. The molecule has 1 heteroatoms. The predicted molar refractivity (Wildman–Crippen MR) is 97.3 cm³/mol. The molecule has 0 aliphatic rings. The lowest BCUT2D eigenvalue weighted by atomic mass is 10.0. The van der Waals surface area contributed by atoms with Gasteiger partial charge in [-0.1, -0.05) is 68.5 Å². The summed E-state index contributed by atoms with van der Waals surface area (Å²) in [4.78, 5) is 5.09. The molecule has 0 aromatic heterocycles. The molecule has 0 aliphatic carbocycles. The molecule has 0 fully saturated rings. The highest BCUT2D eigenvalue weighted by Gasteiger charge is 2.10. The Morgan fingerprint density at radius 1 is 0.909 bits per heavy atom. The van der Waals surface area contributed by atoms with Gasteiger partial charge in [-0.2, -0.15) is 0 Å². The molecular formula is C21H25N. The van der Waals surface area contributed by atoms with Crippen LogP contribution in [0.3, 0.4) is 0 Å². The van der Waals surface area contributed by atoms with Gasteiger partial charge in [-0.3, -0.25) is 0 Å². The van der Waals surface area contributed by atoms with Crippen LogP contribution in [0.5, 0.6) is 0 Å². The number of aliphatic imine (C=N–C) groups is 1. The van der Waals surface area contributed by atoms with Crippen molar-refractivity contribution in [2.45, 2.75) is 40.5 Å². The molecule has 0 radical (unpaired) electrons. The van der Waals surface area contributed by atoms with Crippen LogP contribution in [-0.2, 0) is 12.8 Å². The standard InChI is InChI=1S/C21H25N/c1-5-16(4)20(19-12-9-8-10-13-19)22-21-17(6-2)14-11-15-18(21)7-3/h5,8-15H,6-7H2,1-4H3. The third kappa shape index (κ3) is 3.54. The minimum Gasteiger partial charge on any atom is -0.248 e. The first kappa shape index (κ1) is 16.2. The second-order valence-corrected chi connectivity index (χ2v) is 5.43. The van der Waals surface area contributed by atoms with Crippen molar-refractivity contribution >= 4 is 11.4 Å². The van der Waals surface area contributed by atoms with E-state index in [9.17, 15) is 0 Å². The largest absolute Gasteiger partial charge is 0.248 e. The minimum atomic E-state index is 1.00. The first-order chi connectivity index (χ1) is 10.7. The summed E-state index contributed by atoms with van der Waals surface area (Å²) in [6.07, 6.45) is 4.14. The molecule has 0 atom stereocenters. The van der Waals surface area contributed by atoms with Crippen LogP contribution >= 0.6 is 0 Å². The fraction of sp³-hybridized carbons (Fsp3) is 0.286. The Morgan fingerprint density at radius 2 is 1.50 bits per heavy atom. The van der Waals surface area contributed by atoms with Crippen LogP contribution in [0.25, 0.3) is 0 Å². The maximum absolute atomic E-state index is 5.09. The Kier molecular flexibility index (Phi) is 5.71. The van der Waals surface area contributed by atoms with Crippen molar-refractivity contribution in [2.24, 2.45) is 4.99 Å². The molecule has 0 aliphatic heterocycles. The normalized spacial score (nSPS) is 12.5. The van der Waals surface area contributed by atoms with E-state index in [0.717, 1.165) is 24.2 Å². The van der Waals surface area contributed by atoms with Gasteiger partial charge < -0.3 is 0 Å². The van der Waals surface area contributed by atoms with Crippen molar-refractivity contribution < 1.29 is 0 Å². The highest BCUT2D eigenvalue weighted by molar-refractivity contribution is 6.13. The van der Waals surface area contributed by atoms with Crippen LogP contribution in [0.2, 0.25) is 0 Å². The molecule has 114 valence electrons. The summed E-state index contributed by atoms with van der Waals surface area (Å²) in [6, 6.07) is 17.0.